The van der Waals surface area contributed by atoms with Gasteiger partial charge in [0.15, 0.2) is 5.82 Å². The lowest BCUT2D eigenvalue weighted by molar-refractivity contribution is 0.627. The molecule has 0 saturated heterocycles. The monoisotopic (exact) mass is 363 g/mol. The molecule has 8 heteroatoms. The SMILES string of the molecule is Nc1nc(NCc2ccc(F)cc2)c2c(-c3cc(C4CC4)[nH]n3)ccn2n1. The second-order valence-electron chi connectivity index (χ2n) is 6.80. The van der Waals surface area contributed by atoms with Crippen molar-refractivity contribution in [3.8, 4) is 11.3 Å². The highest BCUT2D eigenvalue weighted by Gasteiger charge is 2.26. The van der Waals surface area contributed by atoms with Crippen molar-refractivity contribution in [1.82, 2.24) is 24.8 Å². The van der Waals surface area contributed by atoms with Gasteiger partial charge in [0.2, 0.25) is 5.95 Å². The number of anilines is 2. The Labute approximate surface area is 154 Å². The summed E-state index contributed by atoms with van der Waals surface area (Å²) < 4.78 is 14.8. The van der Waals surface area contributed by atoms with Crippen molar-refractivity contribution in [2.24, 2.45) is 0 Å². The number of fused-ring (bicyclic) bond motifs is 1. The fraction of sp³-hybridized carbons (Fsp3) is 0.211. The third kappa shape index (κ3) is 2.99. The van der Waals surface area contributed by atoms with Crippen molar-refractivity contribution in [3.63, 3.8) is 0 Å². The number of benzene rings is 1. The maximum Gasteiger partial charge on any atom is 0.240 e. The van der Waals surface area contributed by atoms with E-state index < -0.39 is 0 Å². The smallest absolute Gasteiger partial charge is 0.240 e. The number of halogens is 1. The molecule has 0 unspecified atom stereocenters. The van der Waals surface area contributed by atoms with Crippen molar-refractivity contribution >= 4 is 17.3 Å². The Bertz CT molecular complexity index is 1110. The van der Waals surface area contributed by atoms with Crippen molar-refractivity contribution < 1.29 is 4.39 Å². The van der Waals surface area contributed by atoms with Crippen LogP contribution in [0.15, 0.2) is 42.6 Å². The van der Waals surface area contributed by atoms with Crippen LogP contribution in [0.1, 0.15) is 30.0 Å². The van der Waals surface area contributed by atoms with E-state index in [4.69, 9.17) is 5.73 Å². The Morgan fingerprint density at radius 3 is 2.81 bits per heavy atom. The highest BCUT2D eigenvalue weighted by atomic mass is 19.1. The number of H-pyrrole nitrogens is 1. The zero-order valence-corrected chi connectivity index (χ0v) is 14.5. The van der Waals surface area contributed by atoms with E-state index in [0.717, 1.165) is 22.3 Å². The van der Waals surface area contributed by atoms with Crippen LogP contribution in [0, 0.1) is 5.82 Å². The van der Waals surface area contributed by atoms with Gasteiger partial charge in [0.1, 0.15) is 11.3 Å². The molecule has 1 fully saturated rings. The third-order valence-electron chi connectivity index (χ3n) is 4.79. The first kappa shape index (κ1) is 15.8. The van der Waals surface area contributed by atoms with E-state index in [0.29, 0.717) is 18.3 Å². The first-order chi connectivity index (χ1) is 13.2. The molecular weight excluding hydrogens is 345 g/mol. The van der Waals surface area contributed by atoms with Crippen LogP contribution in [-0.2, 0) is 6.54 Å². The first-order valence-electron chi connectivity index (χ1n) is 8.86. The van der Waals surface area contributed by atoms with Crippen LogP contribution in [-0.4, -0.2) is 24.8 Å². The summed E-state index contributed by atoms with van der Waals surface area (Å²) in [5.74, 6) is 1.13. The van der Waals surface area contributed by atoms with E-state index in [1.165, 1.54) is 30.7 Å². The molecule has 3 aromatic heterocycles. The Kier molecular flexibility index (Phi) is 3.56. The molecule has 3 heterocycles. The normalized spacial score (nSPS) is 14.0. The molecule has 1 aliphatic rings. The number of nitrogens with one attached hydrogen (secondary N) is 2. The number of aromatic amines is 1. The number of nitrogen functional groups attached to an aromatic ring is 1. The highest BCUT2D eigenvalue weighted by Crippen LogP contribution is 2.40. The van der Waals surface area contributed by atoms with Crippen LogP contribution >= 0.6 is 0 Å². The lowest BCUT2D eigenvalue weighted by atomic mass is 10.1. The summed E-state index contributed by atoms with van der Waals surface area (Å²) in [5.41, 5.74) is 10.6. The van der Waals surface area contributed by atoms with Gasteiger partial charge in [-0.25, -0.2) is 8.91 Å². The molecule has 1 aliphatic carbocycles. The Hall–Kier alpha value is -3.42. The number of hydrogen-bond donors (Lipinski definition) is 3. The molecule has 1 aromatic carbocycles. The van der Waals surface area contributed by atoms with Gasteiger partial charge < -0.3 is 11.1 Å². The minimum atomic E-state index is -0.258. The fourth-order valence-electron chi connectivity index (χ4n) is 3.24. The summed E-state index contributed by atoms with van der Waals surface area (Å²) in [6.45, 7) is 0.491. The van der Waals surface area contributed by atoms with Gasteiger partial charge in [-0.15, -0.1) is 5.10 Å². The third-order valence-corrected chi connectivity index (χ3v) is 4.79. The van der Waals surface area contributed by atoms with E-state index >= 15 is 0 Å². The van der Waals surface area contributed by atoms with Gasteiger partial charge in [0, 0.05) is 29.9 Å². The zero-order valence-electron chi connectivity index (χ0n) is 14.5. The summed E-state index contributed by atoms with van der Waals surface area (Å²) in [6, 6.07) is 10.4. The average molecular weight is 363 g/mol. The number of aromatic nitrogens is 5. The van der Waals surface area contributed by atoms with Crippen LogP contribution in [0.5, 0.6) is 0 Å². The minimum Gasteiger partial charge on any atom is -0.366 e. The van der Waals surface area contributed by atoms with Crippen molar-refractivity contribution in [2.75, 3.05) is 11.1 Å². The van der Waals surface area contributed by atoms with Crippen molar-refractivity contribution in [3.05, 3.63) is 59.7 Å². The van der Waals surface area contributed by atoms with E-state index in [1.54, 1.807) is 16.6 Å². The number of nitrogens with two attached hydrogens (primary N) is 1. The maximum absolute atomic E-state index is 13.1. The number of rotatable bonds is 5. The maximum atomic E-state index is 13.1. The van der Waals surface area contributed by atoms with Gasteiger partial charge in [-0.2, -0.15) is 10.1 Å². The molecule has 4 aromatic rings. The quantitative estimate of drug-likeness (QED) is 0.505. The van der Waals surface area contributed by atoms with E-state index in [2.05, 4.69) is 31.7 Å². The molecular formula is C19H18FN7. The molecule has 0 atom stereocenters. The lowest BCUT2D eigenvalue weighted by Crippen LogP contribution is -2.08. The Balaban J connectivity index is 1.52. The van der Waals surface area contributed by atoms with Gasteiger partial charge in [0.25, 0.3) is 0 Å². The van der Waals surface area contributed by atoms with Crippen molar-refractivity contribution in [2.45, 2.75) is 25.3 Å². The first-order valence-corrected chi connectivity index (χ1v) is 8.86. The summed E-state index contributed by atoms with van der Waals surface area (Å²) in [6.07, 6.45) is 4.27. The standard InChI is InChI=1S/C19H18FN7/c20-13-5-1-11(2-6-13)10-22-18-17-14(7-8-27(17)26-19(21)23-18)16-9-15(24-25-16)12-3-4-12/h1-2,5-9,12H,3-4,10H2,(H,24,25)(H3,21,22,23,26). The molecule has 5 rings (SSSR count). The van der Waals surface area contributed by atoms with E-state index in [1.807, 2.05) is 12.3 Å². The molecule has 0 spiro atoms. The van der Waals surface area contributed by atoms with Crippen LogP contribution in [0.2, 0.25) is 0 Å². The minimum absolute atomic E-state index is 0.173. The summed E-state index contributed by atoms with van der Waals surface area (Å²) in [5, 5.41) is 15.2. The summed E-state index contributed by atoms with van der Waals surface area (Å²) >= 11 is 0. The number of nitrogens with zero attached hydrogens (tertiary/aromatic N) is 4. The van der Waals surface area contributed by atoms with Gasteiger partial charge >= 0.3 is 0 Å². The molecule has 0 radical (unpaired) electrons. The van der Waals surface area contributed by atoms with E-state index in [-0.39, 0.29) is 11.8 Å². The van der Waals surface area contributed by atoms with Crippen molar-refractivity contribution in [1.29, 1.82) is 0 Å². The van der Waals surface area contributed by atoms with Gasteiger partial charge in [0.05, 0.1) is 5.69 Å². The van der Waals surface area contributed by atoms with Gasteiger partial charge in [-0.1, -0.05) is 12.1 Å². The highest BCUT2D eigenvalue weighted by molar-refractivity contribution is 5.87. The predicted molar refractivity (Wildman–Crippen MR) is 101 cm³/mol. The largest absolute Gasteiger partial charge is 0.366 e. The van der Waals surface area contributed by atoms with Crippen LogP contribution in [0.25, 0.3) is 16.8 Å². The molecule has 4 N–H and O–H groups in total. The van der Waals surface area contributed by atoms with Crippen LogP contribution in [0.3, 0.4) is 0 Å². The Morgan fingerprint density at radius 1 is 1.22 bits per heavy atom. The molecule has 0 amide bonds. The second-order valence-corrected chi connectivity index (χ2v) is 6.80. The second kappa shape index (κ2) is 6.08. The average Bonchev–Trinajstić information content (AvgIpc) is 3.24. The topological polar surface area (TPSA) is 96.9 Å². The predicted octanol–water partition coefficient (Wildman–Crippen LogP) is 3.33. The molecule has 7 nitrogen and oxygen atoms in total. The fourth-order valence-corrected chi connectivity index (χ4v) is 3.24. The molecule has 136 valence electrons. The van der Waals surface area contributed by atoms with Crippen LogP contribution in [0.4, 0.5) is 16.2 Å². The molecule has 0 aliphatic heterocycles. The lowest BCUT2D eigenvalue weighted by Gasteiger charge is -2.09. The van der Waals surface area contributed by atoms with E-state index in [9.17, 15) is 4.39 Å². The summed E-state index contributed by atoms with van der Waals surface area (Å²) in [4.78, 5) is 4.37. The summed E-state index contributed by atoms with van der Waals surface area (Å²) in [7, 11) is 0. The molecule has 0 bridgehead atoms. The Morgan fingerprint density at radius 2 is 2.04 bits per heavy atom. The van der Waals surface area contributed by atoms with Gasteiger partial charge in [-0.3, -0.25) is 5.10 Å². The van der Waals surface area contributed by atoms with Crippen LogP contribution < -0.4 is 11.1 Å². The molecule has 1 saturated carbocycles. The van der Waals surface area contributed by atoms with Gasteiger partial charge in [-0.05, 0) is 42.7 Å². The number of hydrogen-bond acceptors (Lipinski definition) is 5. The zero-order chi connectivity index (χ0) is 18.4. The molecule has 27 heavy (non-hydrogen) atoms.